The number of nitrogen functional groups attached to an aromatic ring is 1. The second-order valence-electron chi connectivity index (χ2n) is 4.97. The molecular weight excluding hydrogens is 272 g/mol. The van der Waals surface area contributed by atoms with Crippen LogP contribution >= 0.6 is 11.6 Å². The van der Waals surface area contributed by atoms with Gasteiger partial charge in [0.1, 0.15) is 0 Å². The molecule has 3 N–H and O–H groups in total. The van der Waals surface area contributed by atoms with Crippen LogP contribution in [0.1, 0.15) is 27.0 Å². The van der Waals surface area contributed by atoms with Crippen LogP contribution in [0.25, 0.3) is 0 Å². The predicted molar refractivity (Wildman–Crippen MR) is 84.5 cm³/mol. The van der Waals surface area contributed by atoms with Gasteiger partial charge in [-0.3, -0.25) is 4.79 Å². The highest BCUT2D eigenvalue weighted by atomic mass is 35.5. The summed E-state index contributed by atoms with van der Waals surface area (Å²) >= 11 is 6.05. The van der Waals surface area contributed by atoms with E-state index in [0.29, 0.717) is 16.3 Å². The van der Waals surface area contributed by atoms with E-state index in [0.717, 1.165) is 16.8 Å². The molecule has 4 heteroatoms. The Bertz CT molecular complexity index is 657. The highest BCUT2D eigenvalue weighted by molar-refractivity contribution is 6.34. The molecule has 0 spiro atoms. The van der Waals surface area contributed by atoms with Crippen molar-refractivity contribution in [3.63, 3.8) is 0 Å². The van der Waals surface area contributed by atoms with Crippen LogP contribution in [-0.2, 0) is 0 Å². The number of benzene rings is 2. The molecule has 0 aliphatic carbocycles. The summed E-state index contributed by atoms with van der Waals surface area (Å²) in [4.78, 5) is 12.3. The molecular formula is C16H17ClN2O. The molecule has 0 unspecified atom stereocenters. The van der Waals surface area contributed by atoms with E-state index in [1.54, 1.807) is 18.2 Å². The maximum atomic E-state index is 12.3. The Morgan fingerprint density at radius 2 is 1.70 bits per heavy atom. The first-order valence-corrected chi connectivity index (χ1v) is 6.70. The molecule has 0 heterocycles. The topological polar surface area (TPSA) is 55.1 Å². The standard InChI is InChI=1S/C16H17ClN2O/c1-9-6-10(2)15(11(3)7-9)19-16(20)13-5-4-12(18)8-14(13)17/h4-8H,18H2,1-3H3,(H,19,20). The third-order valence-electron chi connectivity index (χ3n) is 3.15. The number of carbonyl (C=O) groups excluding carboxylic acids is 1. The van der Waals surface area contributed by atoms with E-state index in [1.807, 2.05) is 32.9 Å². The van der Waals surface area contributed by atoms with E-state index in [2.05, 4.69) is 5.32 Å². The van der Waals surface area contributed by atoms with Crippen molar-refractivity contribution in [2.24, 2.45) is 0 Å². The molecule has 2 aromatic rings. The minimum absolute atomic E-state index is 0.231. The van der Waals surface area contributed by atoms with Crippen LogP contribution in [-0.4, -0.2) is 5.91 Å². The lowest BCUT2D eigenvalue weighted by Crippen LogP contribution is -2.14. The van der Waals surface area contributed by atoms with Gasteiger partial charge < -0.3 is 11.1 Å². The van der Waals surface area contributed by atoms with Gasteiger partial charge in [-0.2, -0.15) is 0 Å². The van der Waals surface area contributed by atoms with Crippen LogP contribution in [0, 0.1) is 20.8 Å². The van der Waals surface area contributed by atoms with Gasteiger partial charge >= 0.3 is 0 Å². The van der Waals surface area contributed by atoms with Crippen molar-refractivity contribution < 1.29 is 4.79 Å². The van der Waals surface area contributed by atoms with Crippen LogP contribution < -0.4 is 11.1 Å². The van der Waals surface area contributed by atoms with Crippen molar-refractivity contribution in [2.45, 2.75) is 20.8 Å². The lowest BCUT2D eigenvalue weighted by Gasteiger charge is -2.13. The van der Waals surface area contributed by atoms with Crippen LogP contribution in [0.3, 0.4) is 0 Å². The van der Waals surface area contributed by atoms with E-state index >= 15 is 0 Å². The van der Waals surface area contributed by atoms with Gasteiger partial charge in [-0.1, -0.05) is 29.3 Å². The first-order chi connectivity index (χ1) is 9.38. The zero-order valence-electron chi connectivity index (χ0n) is 11.8. The van der Waals surface area contributed by atoms with Gasteiger partial charge in [-0.05, 0) is 50.1 Å². The van der Waals surface area contributed by atoms with Crippen LogP contribution in [0.4, 0.5) is 11.4 Å². The number of anilines is 2. The molecule has 0 bridgehead atoms. The molecule has 0 aliphatic rings. The maximum Gasteiger partial charge on any atom is 0.257 e. The Kier molecular flexibility index (Phi) is 4.00. The van der Waals surface area contributed by atoms with Crippen molar-refractivity contribution in [1.82, 2.24) is 0 Å². The molecule has 0 radical (unpaired) electrons. The highest BCUT2D eigenvalue weighted by Gasteiger charge is 2.13. The SMILES string of the molecule is Cc1cc(C)c(NC(=O)c2ccc(N)cc2Cl)c(C)c1. The third kappa shape index (κ3) is 2.94. The van der Waals surface area contributed by atoms with Gasteiger partial charge in [0, 0.05) is 11.4 Å². The van der Waals surface area contributed by atoms with Crippen molar-refractivity contribution in [2.75, 3.05) is 11.1 Å². The number of rotatable bonds is 2. The largest absolute Gasteiger partial charge is 0.399 e. The highest BCUT2D eigenvalue weighted by Crippen LogP contribution is 2.25. The molecule has 0 atom stereocenters. The predicted octanol–water partition coefficient (Wildman–Crippen LogP) is 4.10. The number of carbonyl (C=O) groups is 1. The van der Waals surface area contributed by atoms with Gasteiger partial charge in [0.25, 0.3) is 5.91 Å². The Morgan fingerprint density at radius 3 is 2.25 bits per heavy atom. The van der Waals surface area contributed by atoms with Crippen molar-refractivity contribution in [3.05, 3.63) is 57.6 Å². The summed E-state index contributed by atoms with van der Waals surface area (Å²) in [6.07, 6.45) is 0. The van der Waals surface area contributed by atoms with Crippen molar-refractivity contribution >= 4 is 28.9 Å². The fourth-order valence-corrected chi connectivity index (χ4v) is 2.55. The van der Waals surface area contributed by atoms with Crippen LogP contribution in [0.15, 0.2) is 30.3 Å². The van der Waals surface area contributed by atoms with E-state index < -0.39 is 0 Å². The molecule has 0 saturated carbocycles. The minimum atomic E-state index is -0.231. The van der Waals surface area contributed by atoms with Crippen molar-refractivity contribution in [3.8, 4) is 0 Å². The molecule has 104 valence electrons. The molecule has 0 aromatic heterocycles. The smallest absolute Gasteiger partial charge is 0.257 e. The second kappa shape index (κ2) is 5.55. The molecule has 2 rings (SSSR count). The quantitative estimate of drug-likeness (QED) is 0.818. The molecule has 1 amide bonds. The third-order valence-corrected chi connectivity index (χ3v) is 3.47. The van der Waals surface area contributed by atoms with Crippen LogP contribution in [0.5, 0.6) is 0 Å². The monoisotopic (exact) mass is 288 g/mol. The van der Waals surface area contributed by atoms with E-state index in [-0.39, 0.29) is 5.91 Å². The Morgan fingerprint density at radius 1 is 1.10 bits per heavy atom. The van der Waals surface area contributed by atoms with Crippen LogP contribution in [0.2, 0.25) is 5.02 Å². The summed E-state index contributed by atoms with van der Waals surface area (Å²) in [6.45, 7) is 5.98. The molecule has 0 aliphatic heterocycles. The molecule has 3 nitrogen and oxygen atoms in total. The van der Waals surface area contributed by atoms with Crippen molar-refractivity contribution in [1.29, 1.82) is 0 Å². The number of nitrogens with one attached hydrogen (secondary N) is 1. The fraction of sp³-hybridized carbons (Fsp3) is 0.188. The number of hydrogen-bond acceptors (Lipinski definition) is 2. The number of hydrogen-bond donors (Lipinski definition) is 2. The fourth-order valence-electron chi connectivity index (χ4n) is 2.27. The number of amides is 1. The summed E-state index contributed by atoms with van der Waals surface area (Å²) in [5.41, 5.74) is 10.6. The number of halogens is 1. The summed E-state index contributed by atoms with van der Waals surface area (Å²) in [7, 11) is 0. The number of nitrogens with two attached hydrogens (primary N) is 1. The second-order valence-corrected chi connectivity index (χ2v) is 5.37. The molecule has 0 saturated heterocycles. The van der Waals surface area contributed by atoms with Gasteiger partial charge in [0.15, 0.2) is 0 Å². The van der Waals surface area contributed by atoms with Gasteiger partial charge in [0.2, 0.25) is 0 Å². The first-order valence-electron chi connectivity index (χ1n) is 6.32. The molecule has 0 fully saturated rings. The lowest BCUT2D eigenvalue weighted by molar-refractivity contribution is 0.102. The maximum absolute atomic E-state index is 12.3. The van der Waals surface area contributed by atoms with Gasteiger partial charge in [-0.15, -0.1) is 0 Å². The van der Waals surface area contributed by atoms with Gasteiger partial charge in [0.05, 0.1) is 10.6 Å². The zero-order valence-corrected chi connectivity index (χ0v) is 12.5. The zero-order chi connectivity index (χ0) is 14.9. The summed E-state index contributed by atoms with van der Waals surface area (Å²) in [5, 5.41) is 3.27. The molecule has 20 heavy (non-hydrogen) atoms. The van der Waals surface area contributed by atoms with E-state index in [9.17, 15) is 4.79 Å². The lowest BCUT2D eigenvalue weighted by atomic mass is 10.0. The van der Waals surface area contributed by atoms with E-state index in [4.69, 9.17) is 17.3 Å². The average Bonchev–Trinajstić information content (AvgIpc) is 2.33. The summed E-state index contributed by atoms with van der Waals surface area (Å²) in [6, 6.07) is 8.94. The average molecular weight is 289 g/mol. The number of aryl methyl sites for hydroxylation is 3. The normalized spacial score (nSPS) is 10.4. The Balaban J connectivity index is 2.33. The van der Waals surface area contributed by atoms with Gasteiger partial charge in [-0.25, -0.2) is 0 Å². The Hall–Kier alpha value is -2.00. The Labute approximate surface area is 123 Å². The summed E-state index contributed by atoms with van der Waals surface area (Å²) in [5.74, 6) is -0.231. The minimum Gasteiger partial charge on any atom is -0.399 e. The summed E-state index contributed by atoms with van der Waals surface area (Å²) < 4.78 is 0. The first kappa shape index (κ1) is 14.4. The molecule has 2 aromatic carbocycles. The van der Waals surface area contributed by atoms with E-state index in [1.165, 1.54) is 5.56 Å².